The van der Waals surface area contributed by atoms with E-state index in [1.165, 1.54) is 34.5 Å². The third-order valence-corrected chi connectivity index (χ3v) is 11.7. The van der Waals surface area contributed by atoms with Crippen LogP contribution in [0.1, 0.15) is 36.0 Å². The maximum absolute atomic E-state index is 14.0. The molecule has 4 bridgehead atoms. The van der Waals surface area contributed by atoms with E-state index in [4.69, 9.17) is 22.1 Å². The highest BCUT2D eigenvalue weighted by Crippen LogP contribution is 2.33. The zero-order valence-corrected chi connectivity index (χ0v) is 25.6. The van der Waals surface area contributed by atoms with Crippen LogP contribution in [0.5, 0.6) is 5.75 Å². The van der Waals surface area contributed by atoms with E-state index in [9.17, 15) is 26.4 Å². The molecule has 228 valence electrons. The molecule has 42 heavy (non-hydrogen) atoms. The minimum absolute atomic E-state index is 0.00208. The van der Waals surface area contributed by atoms with Gasteiger partial charge >= 0.3 is 0 Å². The second kappa shape index (κ2) is 13.4. The number of carbonyl (C=O) groups is 2. The van der Waals surface area contributed by atoms with E-state index >= 15 is 0 Å². The summed E-state index contributed by atoms with van der Waals surface area (Å²) in [6, 6.07) is 9.77. The normalized spacial score (nSPS) is 24.4. The molecule has 11 nitrogen and oxygen atoms in total. The Bertz CT molecular complexity index is 1560. The number of amides is 2. The van der Waals surface area contributed by atoms with Crippen molar-refractivity contribution in [3.05, 3.63) is 65.2 Å². The first kappa shape index (κ1) is 31.8. The van der Waals surface area contributed by atoms with Crippen molar-refractivity contribution in [2.24, 2.45) is 5.73 Å². The largest absolute Gasteiger partial charge is 0.495 e. The quantitative estimate of drug-likeness (QED) is 0.475. The number of hydrogen-bond donors (Lipinski definition) is 2. The number of para-hydroxylation sites is 2. The maximum atomic E-state index is 14.0. The van der Waals surface area contributed by atoms with Gasteiger partial charge in [0.1, 0.15) is 5.75 Å². The molecule has 0 saturated carbocycles. The van der Waals surface area contributed by atoms with Crippen LogP contribution in [0.15, 0.2) is 59.5 Å². The fourth-order valence-electron chi connectivity index (χ4n) is 5.00. The summed E-state index contributed by atoms with van der Waals surface area (Å²) in [6.45, 7) is 0.0228. The van der Waals surface area contributed by atoms with E-state index < -0.39 is 37.1 Å². The van der Waals surface area contributed by atoms with Crippen LogP contribution in [0.3, 0.4) is 0 Å². The molecule has 2 aliphatic rings. The van der Waals surface area contributed by atoms with Crippen molar-refractivity contribution in [2.45, 2.75) is 41.9 Å². The molecular weight excluding hydrogens is 604 g/mol. The molecule has 0 aliphatic carbocycles. The summed E-state index contributed by atoms with van der Waals surface area (Å²) in [7, 11) is -6.25. The van der Waals surface area contributed by atoms with Gasteiger partial charge in [-0.1, -0.05) is 35.9 Å². The molecule has 3 N–H and O–H groups in total. The second-order valence-electron chi connectivity index (χ2n) is 10.2. The number of benzene rings is 2. The van der Waals surface area contributed by atoms with Crippen LogP contribution < -0.4 is 20.1 Å². The SMILES string of the molecule is COc1ccccc1N1C/C=C/CCCC(N)C(=O)N2CCS(=O)(=O)C(CCNC(=O)c3cc(ccc3Cl)S1(=O)=O)C2. The van der Waals surface area contributed by atoms with E-state index in [0.717, 1.165) is 0 Å². The van der Waals surface area contributed by atoms with Gasteiger partial charge in [-0.3, -0.25) is 13.9 Å². The number of fused-ring (bicyclic) bond motifs is 4. The summed E-state index contributed by atoms with van der Waals surface area (Å²) < 4.78 is 60.0. The van der Waals surface area contributed by atoms with Crippen molar-refractivity contribution >= 4 is 49.0 Å². The van der Waals surface area contributed by atoms with Crippen molar-refractivity contribution in [3.8, 4) is 5.75 Å². The number of methoxy groups -OCH3 is 1. The van der Waals surface area contributed by atoms with E-state index in [1.54, 1.807) is 30.3 Å². The summed E-state index contributed by atoms with van der Waals surface area (Å²) >= 11 is 6.30. The zero-order chi connectivity index (χ0) is 30.5. The van der Waals surface area contributed by atoms with Gasteiger partial charge in [0, 0.05) is 19.6 Å². The fraction of sp³-hybridized carbons (Fsp3) is 0.429. The van der Waals surface area contributed by atoms with Gasteiger partial charge in [0.25, 0.3) is 15.9 Å². The lowest BCUT2D eigenvalue weighted by Gasteiger charge is -2.34. The Balaban J connectivity index is 1.71. The number of nitrogens with zero attached hydrogens (tertiary/aromatic N) is 2. The van der Waals surface area contributed by atoms with Crippen molar-refractivity contribution in [3.63, 3.8) is 0 Å². The first-order valence-corrected chi connectivity index (χ1v) is 17.1. The van der Waals surface area contributed by atoms with Crippen LogP contribution in [0.2, 0.25) is 5.02 Å². The second-order valence-corrected chi connectivity index (χ2v) is 14.8. The minimum atomic E-state index is -4.21. The Morgan fingerprint density at radius 2 is 1.81 bits per heavy atom. The van der Waals surface area contributed by atoms with Gasteiger partial charge in [0.2, 0.25) is 5.91 Å². The number of sulfonamides is 1. The van der Waals surface area contributed by atoms with E-state index in [2.05, 4.69) is 5.32 Å². The van der Waals surface area contributed by atoms with Gasteiger partial charge in [-0.05, 0) is 56.0 Å². The number of anilines is 1. The lowest BCUT2D eigenvalue weighted by Crippen LogP contribution is -2.54. The van der Waals surface area contributed by atoms with Crippen LogP contribution in [-0.4, -0.2) is 83.9 Å². The van der Waals surface area contributed by atoms with Gasteiger partial charge in [-0.2, -0.15) is 0 Å². The maximum Gasteiger partial charge on any atom is 0.264 e. The van der Waals surface area contributed by atoms with Gasteiger partial charge in [-0.15, -0.1) is 0 Å². The van der Waals surface area contributed by atoms with Gasteiger partial charge < -0.3 is 20.7 Å². The summed E-state index contributed by atoms with van der Waals surface area (Å²) in [5, 5.41) is 1.82. The Labute approximate surface area is 251 Å². The summed E-state index contributed by atoms with van der Waals surface area (Å²) in [4.78, 5) is 27.4. The third kappa shape index (κ3) is 7.08. The molecule has 2 heterocycles. The van der Waals surface area contributed by atoms with E-state index in [1.807, 2.05) is 6.08 Å². The summed E-state index contributed by atoms with van der Waals surface area (Å²) in [5.74, 6) is -0.801. The molecule has 0 aromatic heterocycles. The molecular formula is C28H35ClN4O7S2. The topological polar surface area (TPSA) is 156 Å². The fourth-order valence-corrected chi connectivity index (χ4v) is 8.35. The lowest BCUT2D eigenvalue weighted by atomic mass is 10.1. The molecule has 4 rings (SSSR count). The van der Waals surface area contributed by atoms with Crippen molar-refractivity contribution < 1.29 is 31.2 Å². The first-order chi connectivity index (χ1) is 20.0. The molecule has 2 unspecified atom stereocenters. The number of nitrogens with one attached hydrogen (secondary N) is 1. The van der Waals surface area contributed by atoms with Crippen molar-refractivity contribution in [2.75, 3.05) is 43.3 Å². The van der Waals surface area contributed by atoms with Gasteiger partial charge in [0.05, 0.1) is 51.9 Å². The Morgan fingerprint density at radius 1 is 1.05 bits per heavy atom. The predicted octanol–water partition coefficient (Wildman–Crippen LogP) is 2.36. The van der Waals surface area contributed by atoms with Crippen molar-refractivity contribution in [1.29, 1.82) is 0 Å². The monoisotopic (exact) mass is 638 g/mol. The molecule has 2 atom stereocenters. The highest BCUT2D eigenvalue weighted by Gasteiger charge is 2.36. The van der Waals surface area contributed by atoms with Gasteiger partial charge in [-0.25, -0.2) is 16.8 Å². The zero-order valence-electron chi connectivity index (χ0n) is 23.2. The molecule has 1 saturated heterocycles. The smallest absolute Gasteiger partial charge is 0.264 e. The van der Waals surface area contributed by atoms with Crippen LogP contribution in [0.25, 0.3) is 0 Å². The number of nitrogens with two attached hydrogens (primary N) is 1. The molecule has 0 radical (unpaired) electrons. The number of allylic oxidation sites excluding steroid dienone is 1. The van der Waals surface area contributed by atoms with Crippen molar-refractivity contribution in [1.82, 2.24) is 10.2 Å². The number of rotatable bonds is 2. The summed E-state index contributed by atoms with van der Waals surface area (Å²) in [6.07, 6.45) is 5.09. The predicted molar refractivity (Wildman–Crippen MR) is 161 cm³/mol. The Hall–Kier alpha value is -3.13. The highest BCUT2D eigenvalue weighted by molar-refractivity contribution is 7.93. The van der Waals surface area contributed by atoms with E-state index in [-0.39, 0.29) is 59.7 Å². The van der Waals surface area contributed by atoms with Crippen LogP contribution in [0.4, 0.5) is 5.69 Å². The minimum Gasteiger partial charge on any atom is -0.495 e. The number of hydrogen-bond acceptors (Lipinski definition) is 8. The number of ether oxygens (including phenoxy) is 1. The number of halogens is 1. The number of carbonyl (C=O) groups excluding carboxylic acids is 2. The highest BCUT2D eigenvalue weighted by atomic mass is 35.5. The average molecular weight is 639 g/mol. The molecule has 2 amide bonds. The van der Waals surface area contributed by atoms with E-state index in [0.29, 0.717) is 30.7 Å². The standard InChI is InChI=1S/C28H35ClN4O7S2/c1-40-26-10-6-5-9-25(26)33-15-7-3-2-4-8-24(30)28(35)32-16-17-41(36,37)21(19-32)13-14-31-27(34)22-18-20(42(33,38)39)11-12-23(22)29/h3,5-7,9-12,18,21,24H,2,4,8,13-17,19,30H2,1H3,(H,31,34)/b7-3+. The van der Waals surface area contributed by atoms with Crippen LogP contribution >= 0.6 is 11.6 Å². The molecule has 2 aromatic rings. The molecule has 2 aliphatic heterocycles. The molecule has 0 spiro atoms. The third-order valence-electron chi connectivity index (χ3n) is 7.41. The van der Waals surface area contributed by atoms with Crippen LogP contribution in [0, 0.1) is 0 Å². The Morgan fingerprint density at radius 3 is 2.57 bits per heavy atom. The Kier molecular flexibility index (Phi) is 10.2. The molecule has 1 fully saturated rings. The average Bonchev–Trinajstić information content (AvgIpc) is 2.96. The molecule has 2 aromatic carbocycles. The molecule has 14 heteroatoms. The first-order valence-electron chi connectivity index (χ1n) is 13.6. The van der Waals surface area contributed by atoms with Gasteiger partial charge in [0.15, 0.2) is 9.84 Å². The van der Waals surface area contributed by atoms with Crippen LogP contribution in [-0.2, 0) is 24.7 Å². The number of sulfone groups is 1. The lowest BCUT2D eigenvalue weighted by molar-refractivity contribution is -0.132. The summed E-state index contributed by atoms with van der Waals surface area (Å²) in [5.41, 5.74) is 6.40.